The number of amides is 2. The zero-order valence-corrected chi connectivity index (χ0v) is 18.1. The van der Waals surface area contributed by atoms with Crippen molar-refractivity contribution in [2.24, 2.45) is 5.92 Å². The van der Waals surface area contributed by atoms with Crippen LogP contribution in [0.3, 0.4) is 0 Å². The molecule has 0 aliphatic carbocycles. The van der Waals surface area contributed by atoms with Gasteiger partial charge in [0.15, 0.2) is 0 Å². The second kappa shape index (κ2) is 8.42. The lowest BCUT2D eigenvalue weighted by atomic mass is 10.1. The van der Waals surface area contributed by atoms with Crippen LogP contribution in [0.2, 0.25) is 0 Å². The minimum atomic E-state index is -3.60. The molecule has 0 aromatic heterocycles. The van der Waals surface area contributed by atoms with E-state index in [0.29, 0.717) is 24.5 Å². The molecule has 1 N–H and O–H groups in total. The van der Waals surface area contributed by atoms with Gasteiger partial charge in [-0.2, -0.15) is 4.31 Å². The van der Waals surface area contributed by atoms with Gasteiger partial charge in [0, 0.05) is 35.7 Å². The Hall–Kier alpha value is -1.58. The summed E-state index contributed by atoms with van der Waals surface area (Å²) < 4.78 is 27.4. The molecule has 2 heterocycles. The predicted molar refractivity (Wildman–Crippen MR) is 110 cm³/mol. The summed E-state index contributed by atoms with van der Waals surface area (Å²) >= 11 is 1.52. The lowest BCUT2D eigenvalue weighted by Crippen LogP contribution is -2.44. The van der Waals surface area contributed by atoms with Gasteiger partial charge in [0.2, 0.25) is 21.8 Å². The number of nitrogens with one attached hydrogen (secondary N) is 1. The Balaban J connectivity index is 1.99. The molecular weight excluding hydrogens is 398 g/mol. The van der Waals surface area contributed by atoms with Crippen LogP contribution in [0, 0.1) is 5.92 Å². The summed E-state index contributed by atoms with van der Waals surface area (Å²) in [6.07, 6.45) is 1.72. The van der Waals surface area contributed by atoms with Gasteiger partial charge in [-0.05, 0) is 44.9 Å². The van der Waals surface area contributed by atoms with Crippen LogP contribution in [-0.2, 0) is 19.6 Å². The van der Waals surface area contributed by atoms with Crippen molar-refractivity contribution in [2.75, 3.05) is 30.3 Å². The normalized spacial score (nSPS) is 20.9. The van der Waals surface area contributed by atoms with Crippen molar-refractivity contribution in [3.63, 3.8) is 0 Å². The maximum absolute atomic E-state index is 13.0. The molecule has 9 heteroatoms. The largest absolute Gasteiger partial charge is 0.352 e. The summed E-state index contributed by atoms with van der Waals surface area (Å²) in [5, 5.41) is 2.80. The standard InChI is InChI=1S/C19H27N3O4S2/c1-13(2)20-18(23)11-22-16-10-15(28(25,26)21-8-4-5-9-21)6-7-17(16)27-12-14(3)19(22)24/h6-7,10,13-14H,4-5,8-9,11-12H2,1-3H3,(H,20,23). The fraction of sp³-hybridized carbons (Fsp3) is 0.579. The van der Waals surface area contributed by atoms with Crippen LogP contribution in [0.15, 0.2) is 28.0 Å². The first-order chi connectivity index (χ1) is 13.2. The molecule has 2 aliphatic rings. The van der Waals surface area contributed by atoms with E-state index >= 15 is 0 Å². The quantitative estimate of drug-likeness (QED) is 0.780. The Kier molecular flexibility index (Phi) is 6.36. The molecule has 1 saturated heterocycles. The highest BCUT2D eigenvalue weighted by Crippen LogP contribution is 2.38. The minimum Gasteiger partial charge on any atom is -0.352 e. The number of carbonyl (C=O) groups excluding carboxylic acids is 2. The molecule has 2 amide bonds. The molecule has 3 rings (SSSR count). The van der Waals surface area contributed by atoms with Crippen molar-refractivity contribution in [3.05, 3.63) is 18.2 Å². The molecule has 2 aliphatic heterocycles. The van der Waals surface area contributed by atoms with Gasteiger partial charge in [0.1, 0.15) is 6.54 Å². The van der Waals surface area contributed by atoms with Gasteiger partial charge >= 0.3 is 0 Å². The molecular formula is C19H27N3O4S2. The van der Waals surface area contributed by atoms with Gasteiger partial charge in [-0.15, -0.1) is 11.8 Å². The first-order valence-electron chi connectivity index (χ1n) is 9.58. The molecule has 1 aromatic rings. The van der Waals surface area contributed by atoms with Crippen molar-refractivity contribution in [1.82, 2.24) is 9.62 Å². The molecule has 1 aromatic carbocycles. The van der Waals surface area contributed by atoms with E-state index in [2.05, 4.69) is 5.32 Å². The first kappa shape index (κ1) is 21.1. The van der Waals surface area contributed by atoms with Crippen LogP contribution in [-0.4, -0.2) is 56.0 Å². The summed E-state index contributed by atoms with van der Waals surface area (Å²) in [6, 6.07) is 4.87. The van der Waals surface area contributed by atoms with E-state index in [0.717, 1.165) is 17.7 Å². The van der Waals surface area contributed by atoms with E-state index in [1.165, 1.54) is 21.0 Å². The van der Waals surface area contributed by atoms with Crippen LogP contribution >= 0.6 is 11.8 Å². The third-order valence-electron chi connectivity index (χ3n) is 4.85. The second-order valence-corrected chi connectivity index (χ2v) is 10.6. The van der Waals surface area contributed by atoms with Crippen molar-refractivity contribution >= 4 is 39.3 Å². The molecule has 0 saturated carbocycles. The number of fused-ring (bicyclic) bond motifs is 1. The van der Waals surface area contributed by atoms with Crippen LogP contribution in [0.25, 0.3) is 0 Å². The fourth-order valence-corrected chi connectivity index (χ4v) is 6.00. The molecule has 0 radical (unpaired) electrons. The lowest BCUT2D eigenvalue weighted by Gasteiger charge is -2.25. The molecule has 1 atom stereocenters. The lowest BCUT2D eigenvalue weighted by molar-refractivity contribution is -0.125. The number of nitrogens with zero attached hydrogens (tertiary/aromatic N) is 2. The molecule has 1 fully saturated rings. The molecule has 7 nitrogen and oxygen atoms in total. The van der Waals surface area contributed by atoms with Crippen LogP contribution in [0.5, 0.6) is 0 Å². The Bertz CT molecular complexity index is 864. The Morgan fingerprint density at radius 3 is 2.61 bits per heavy atom. The summed E-state index contributed by atoms with van der Waals surface area (Å²) in [6.45, 7) is 6.46. The number of sulfonamides is 1. The second-order valence-electron chi connectivity index (χ2n) is 7.60. The highest BCUT2D eigenvalue weighted by atomic mass is 32.2. The maximum atomic E-state index is 13.0. The Labute approximate surface area is 170 Å². The summed E-state index contributed by atoms with van der Waals surface area (Å²) in [7, 11) is -3.60. The number of anilines is 1. The number of thioether (sulfide) groups is 1. The predicted octanol–water partition coefficient (Wildman–Crippen LogP) is 2.07. The van der Waals surface area contributed by atoms with Gasteiger partial charge in [-0.1, -0.05) is 6.92 Å². The van der Waals surface area contributed by atoms with E-state index in [1.807, 2.05) is 20.8 Å². The van der Waals surface area contributed by atoms with E-state index in [1.54, 1.807) is 18.2 Å². The summed E-state index contributed by atoms with van der Waals surface area (Å²) in [5.74, 6) is -0.100. The summed E-state index contributed by atoms with van der Waals surface area (Å²) in [5.41, 5.74) is 0.499. The van der Waals surface area contributed by atoms with E-state index in [4.69, 9.17) is 0 Å². The SMILES string of the molecule is CC(C)NC(=O)CN1C(=O)C(C)CSc2ccc(S(=O)(=O)N3CCCC3)cc21. The summed E-state index contributed by atoms with van der Waals surface area (Å²) in [4.78, 5) is 27.7. The van der Waals surface area contributed by atoms with Crippen LogP contribution in [0.1, 0.15) is 33.6 Å². The number of carbonyl (C=O) groups is 2. The zero-order valence-electron chi connectivity index (χ0n) is 16.5. The first-order valence-corrected chi connectivity index (χ1v) is 12.0. The topological polar surface area (TPSA) is 86.8 Å². The number of hydrogen-bond donors (Lipinski definition) is 1. The highest BCUT2D eigenvalue weighted by Gasteiger charge is 2.33. The fourth-order valence-electron chi connectivity index (χ4n) is 3.41. The minimum absolute atomic E-state index is 0.0391. The van der Waals surface area contributed by atoms with Gasteiger partial charge in [-0.25, -0.2) is 8.42 Å². The third-order valence-corrected chi connectivity index (χ3v) is 8.07. The molecule has 154 valence electrons. The van der Waals surface area contributed by atoms with E-state index < -0.39 is 10.0 Å². The Morgan fingerprint density at radius 2 is 1.96 bits per heavy atom. The maximum Gasteiger partial charge on any atom is 0.243 e. The average molecular weight is 426 g/mol. The Morgan fingerprint density at radius 1 is 1.29 bits per heavy atom. The van der Waals surface area contributed by atoms with Gasteiger partial charge in [-0.3, -0.25) is 9.59 Å². The number of rotatable bonds is 5. The highest BCUT2D eigenvalue weighted by molar-refractivity contribution is 7.99. The van der Waals surface area contributed by atoms with Crippen molar-refractivity contribution in [1.29, 1.82) is 0 Å². The number of benzene rings is 1. The molecule has 0 spiro atoms. The van der Waals surface area contributed by atoms with E-state index in [9.17, 15) is 18.0 Å². The zero-order chi connectivity index (χ0) is 20.5. The van der Waals surface area contributed by atoms with E-state index in [-0.39, 0.29) is 35.2 Å². The van der Waals surface area contributed by atoms with Gasteiger partial charge in [0.25, 0.3) is 0 Å². The number of hydrogen-bond acceptors (Lipinski definition) is 5. The monoisotopic (exact) mass is 425 g/mol. The molecule has 28 heavy (non-hydrogen) atoms. The third kappa shape index (κ3) is 4.36. The molecule has 1 unspecified atom stereocenters. The smallest absolute Gasteiger partial charge is 0.243 e. The average Bonchev–Trinajstić information content (AvgIpc) is 3.15. The van der Waals surface area contributed by atoms with Crippen molar-refractivity contribution in [3.8, 4) is 0 Å². The molecule has 0 bridgehead atoms. The van der Waals surface area contributed by atoms with Crippen molar-refractivity contribution in [2.45, 2.75) is 49.4 Å². The van der Waals surface area contributed by atoms with Gasteiger partial charge < -0.3 is 10.2 Å². The van der Waals surface area contributed by atoms with Crippen LogP contribution < -0.4 is 10.2 Å². The van der Waals surface area contributed by atoms with Crippen LogP contribution in [0.4, 0.5) is 5.69 Å². The van der Waals surface area contributed by atoms with Crippen molar-refractivity contribution < 1.29 is 18.0 Å². The van der Waals surface area contributed by atoms with Gasteiger partial charge in [0.05, 0.1) is 10.6 Å².